The first kappa shape index (κ1) is 12.9. The minimum Gasteiger partial charge on any atom is -0.287 e. The molecule has 0 saturated heterocycles. The van der Waals surface area contributed by atoms with Gasteiger partial charge in [0.25, 0.3) is 0 Å². The number of carbonyl (C=O) groups excluding carboxylic acids is 1. The van der Waals surface area contributed by atoms with Crippen LogP contribution in [0.25, 0.3) is 10.9 Å². The van der Waals surface area contributed by atoms with Crippen LogP contribution in [0.1, 0.15) is 21.7 Å². The Labute approximate surface area is 124 Å². The van der Waals surface area contributed by atoms with Crippen molar-refractivity contribution in [2.24, 2.45) is 0 Å². The molecule has 0 N–H and O–H groups in total. The van der Waals surface area contributed by atoms with Crippen LogP contribution in [-0.2, 0) is 0 Å². The fraction of sp³-hybridized carbons (Fsp3) is 0.0625. The van der Waals surface area contributed by atoms with Gasteiger partial charge in [0.2, 0.25) is 5.78 Å². The van der Waals surface area contributed by atoms with Gasteiger partial charge in [-0.1, -0.05) is 18.2 Å². The van der Waals surface area contributed by atoms with E-state index in [4.69, 9.17) is 0 Å². The van der Waals surface area contributed by atoms with Crippen LogP contribution >= 0.6 is 15.9 Å². The maximum atomic E-state index is 12.5. The average molecular weight is 327 g/mol. The van der Waals surface area contributed by atoms with E-state index < -0.39 is 0 Å². The van der Waals surface area contributed by atoms with E-state index in [1.165, 1.54) is 0 Å². The molecular formula is C16H11BrN2O. The first-order chi connectivity index (χ1) is 9.65. The molecule has 0 bridgehead atoms. The molecule has 0 unspecified atom stereocenters. The fourth-order valence-corrected chi connectivity index (χ4v) is 2.50. The van der Waals surface area contributed by atoms with Crippen LogP contribution in [0, 0.1) is 6.92 Å². The number of benzene rings is 1. The molecule has 0 aliphatic heterocycles. The Kier molecular flexibility index (Phi) is 3.32. The fourth-order valence-electron chi connectivity index (χ4n) is 1.99. The summed E-state index contributed by atoms with van der Waals surface area (Å²) in [6, 6.07) is 13.2. The topological polar surface area (TPSA) is 42.9 Å². The van der Waals surface area contributed by atoms with Gasteiger partial charge in [-0.2, -0.15) is 0 Å². The van der Waals surface area contributed by atoms with Gasteiger partial charge in [0.15, 0.2) is 0 Å². The Bertz CT molecular complexity index is 797. The van der Waals surface area contributed by atoms with Gasteiger partial charge >= 0.3 is 0 Å². The molecule has 98 valence electrons. The number of rotatable bonds is 2. The molecule has 1 aromatic carbocycles. The Morgan fingerprint density at radius 3 is 2.70 bits per heavy atom. The minimum atomic E-state index is -0.130. The van der Waals surface area contributed by atoms with Crippen molar-refractivity contribution in [3.8, 4) is 0 Å². The van der Waals surface area contributed by atoms with Crippen LogP contribution in [-0.4, -0.2) is 15.8 Å². The van der Waals surface area contributed by atoms with Crippen molar-refractivity contribution in [3.05, 3.63) is 70.1 Å². The Morgan fingerprint density at radius 2 is 1.95 bits per heavy atom. The van der Waals surface area contributed by atoms with Gasteiger partial charge < -0.3 is 0 Å². The molecule has 0 radical (unpaired) electrons. The van der Waals surface area contributed by atoms with Crippen LogP contribution in [0.3, 0.4) is 0 Å². The second-order valence-electron chi connectivity index (χ2n) is 4.53. The van der Waals surface area contributed by atoms with Gasteiger partial charge in [-0.15, -0.1) is 0 Å². The summed E-state index contributed by atoms with van der Waals surface area (Å²) in [6.07, 6.45) is 1.58. The van der Waals surface area contributed by atoms with Crippen LogP contribution in [0.4, 0.5) is 0 Å². The van der Waals surface area contributed by atoms with E-state index in [-0.39, 0.29) is 5.78 Å². The van der Waals surface area contributed by atoms with Crippen molar-refractivity contribution in [3.63, 3.8) is 0 Å². The number of para-hydroxylation sites is 1. The number of hydrogen-bond acceptors (Lipinski definition) is 3. The lowest BCUT2D eigenvalue weighted by molar-refractivity contribution is 0.103. The zero-order valence-electron chi connectivity index (χ0n) is 10.8. The van der Waals surface area contributed by atoms with Crippen molar-refractivity contribution >= 4 is 32.6 Å². The quantitative estimate of drug-likeness (QED) is 0.670. The van der Waals surface area contributed by atoms with E-state index in [1.54, 1.807) is 12.3 Å². The average Bonchev–Trinajstić information content (AvgIpc) is 2.46. The number of hydrogen-bond donors (Lipinski definition) is 0. The molecule has 0 saturated carbocycles. The zero-order valence-corrected chi connectivity index (χ0v) is 12.4. The Balaban J connectivity index is 2.11. The van der Waals surface area contributed by atoms with E-state index in [0.717, 1.165) is 16.6 Å². The largest absolute Gasteiger partial charge is 0.287 e. The van der Waals surface area contributed by atoms with E-state index >= 15 is 0 Å². The highest BCUT2D eigenvalue weighted by molar-refractivity contribution is 9.10. The van der Waals surface area contributed by atoms with Crippen molar-refractivity contribution in [2.45, 2.75) is 6.92 Å². The molecule has 0 aliphatic rings. The van der Waals surface area contributed by atoms with Gasteiger partial charge in [0, 0.05) is 27.3 Å². The summed E-state index contributed by atoms with van der Waals surface area (Å²) in [6.45, 7) is 1.89. The Hall–Kier alpha value is -2.07. The summed E-state index contributed by atoms with van der Waals surface area (Å²) in [4.78, 5) is 21.1. The number of aromatic nitrogens is 2. The molecule has 4 heteroatoms. The van der Waals surface area contributed by atoms with Crippen molar-refractivity contribution < 1.29 is 4.79 Å². The van der Waals surface area contributed by atoms with Crippen LogP contribution in [0.5, 0.6) is 0 Å². The monoisotopic (exact) mass is 326 g/mol. The van der Waals surface area contributed by atoms with Gasteiger partial charge in [0.05, 0.1) is 5.52 Å². The maximum Gasteiger partial charge on any atom is 0.214 e. The van der Waals surface area contributed by atoms with Gasteiger partial charge in [-0.3, -0.25) is 9.78 Å². The van der Waals surface area contributed by atoms with Gasteiger partial charge in [0.1, 0.15) is 5.69 Å². The summed E-state index contributed by atoms with van der Waals surface area (Å²) < 4.78 is 0.696. The third-order valence-electron chi connectivity index (χ3n) is 3.07. The number of pyridine rings is 2. The van der Waals surface area contributed by atoms with E-state index in [0.29, 0.717) is 15.7 Å². The smallest absolute Gasteiger partial charge is 0.214 e. The molecule has 20 heavy (non-hydrogen) atoms. The first-order valence-corrected chi connectivity index (χ1v) is 6.97. The number of halogens is 1. The minimum absolute atomic E-state index is 0.130. The molecule has 0 atom stereocenters. The molecule has 3 aromatic rings. The highest BCUT2D eigenvalue weighted by atomic mass is 79.9. The molecular weight excluding hydrogens is 316 g/mol. The number of ketones is 1. The zero-order chi connectivity index (χ0) is 14.1. The van der Waals surface area contributed by atoms with E-state index in [9.17, 15) is 4.79 Å². The van der Waals surface area contributed by atoms with Crippen molar-refractivity contribution in [2.75, 3.05) is 0 Å². The predicted octanol–water partition coefficient (Wildman–Crippen LogP) is 3.93. The third kappa shape index (κ3) is 2.34. The molecule has 0 aliphatic carbocycles. The third-order valence-corrected chi connectivity index (χ3v) is 3.67. The lowest BCUT2D eigenvalue weighted by Crippen LogP contribution is -2.06. The summed E-state index contributed by atoms with van der Waals surface area (Å²) >= 11 is 3.43. The second kappa shape index (κ2) is 5.13. The molecule has 0 fully saturated rings. The van der Waals surface area contributed by atoms with Gasteiger partial charge in [-0.25, -0.2) is 4.98 Å². The normalized spacial score (nSPS) is 10.7. The number of nitrogens with zero attached hydrogens (tertiary/aromatic N) is 2. The summed E-state index contributed by atoms with van der Waals surface area (Å²) in [5, 5.41) is 0.998. The molecule has 2 heterocycles. The van der Waals surface area contributed by atoms with Crippen LogP contribution < -0.4 is 0 Å². The molecule has 2 aromatic heterocycles. The summed E-state index contributed by atoms with van der Waals surface area (Å²) in [7, 11) is 0. The maximum absolute atomic E-state index is 12.5. The van der Waals surface area contributed by atoms with Crippen LogP contribution in [0.2, 0.25) is 0 Å². The summed E-state index contributed by atoms with van der Waals surface area (Å²) in [5.74, 6) is -0.130. The predicted molar refractivity (Wildman–Crippen MR) is 81.8 cm³/mol. The molecule has 0 amide bonds. The molecule has 0 spiro atoms. The lowest BCUT2D eigenvalue weighted by atomic mass is 10.1. The molecule has 3 rings (SSSR count). The highest BCUT2D eigenvalue weighted by Crippen LogP contribution is 2.23. The number of carbonyl (C=O) groups is 1. The number of aryl methyl sites for hydroxylation is 1. The first-order valence-electron chi connectivity index (χ1n) is 6.18. The number of fused-ring (bicyclic) bond motifs is 1. The van der Waals surface area contributed by atoms with E-state index in [1.807, 2.05) is 43.3 Å². The molecule has 3 nitrogen and oxygen atoms in total. The van der Waals surface area contributed by atoms with E-state index in [2.05, 4.69) is 25.9 Å². The van der Waals surface area contributed by atoms with Crippen molar-refractivity contribution in [1.29, 1.82) is 0 Å². The highest BCUT2D eigenvalue weighted by Gasteiger charge is 2.15. The SMILES string of the molecule is Cc1ccc(C(=O)c2nc3ccccc3cc2Br)cn1. The second-order valence-corrected chi connectivity index (χ2v) is 5.38. The van der Waals surface area contributed by atoms with Gasteiger partial charge in [-0.05, 0) is 47.1 Å². The standard InChI is InChI=1S/C16H11BrN2O/c1-10-6-7-12(9-18-10)16(20)15-13(17)8-11-4-2-3-5-14(11)19-15/h2-9H,1H3. The van der Waals surface area contributed by atoms with Crippen molar-refractivity contribution in [1.82, 2.24) is 9.97 Å². The summed E-state index contributed by atoms with van der Waals surface area (Å²) in [5.41, 5.74) is 2.64. The lowest BCUT2D eigenvalue weighted by Gasteiger charge is -2.05. The Morgan fingerprint density at radius 1 is 1.15 bits per heavy atom. The van der Waals surface area contributed by atoms with Crippen LogP contribution in [0.15, 0.2) is 53.1 Å².